The van der Waals surface area contributed by atoms with Crippen LogP contribution in [0.4, 0.5) is 0 Å². The van der Waals surface area contributed by atoms with Gasteiger partial charge in [-0.1, -0.05) is 19.9 Å². The Kier molecular flexibility index (Phi) is 7.01. The molecule has 3 N–H and O–H groups in total. The Balaban J connectivity index is 1.76. The highest BCUT2D eigenvalue weighted by atomic mass is 32.2. The quantitative estimate of drug-likeness (QED) is 0.318. The molecule has 1 heterocycles. The number of allylic oxidation sites excluding steroid dienone is 1. The topological polar surface area (TPSA) is 117 Å². The molecule has 1 aliphatic carbocycles. The second kappa shape index (κ2) is 9.03. The summed E-state index contributed by atoms with van der Waals surface area (Å²) in [5.41, 5.74) is 0.0556. The molecule has 1 amide bonds. The third-order valence-corrected chi connectivity index (χ3v) is 5.60. The van der Waals surface area contributed by atoms with Crippen LogP contribution in [-0.2, 0) is 9.59 Å². The van der Waals surface area contributed by atoms with Crippen molar-refractivity contribution >= 4 is 29.6 Å². The highest BCUT2D eigenvalue weighted by Crippen LogP contribution is 2.51. The fourth-order valence-electron chi connectivity index (χ4n) is 2.66. The largest absolute Gasteiger partial charge is 0.478 e. The van der Waals surface area contributed by atoms with Crippen molar-refractivity contribution in [3.05, 3.63) is 35.7 Å². The number of carbonyl (C=O) groups excluding carboxylic acids is 1. The molecule has 27 heavy (non-hydrogen) atoms. The van der Waals surface area contributed by atoms with Gasteiger partial charge in [-0.05, 0) is 49.0 Å². The normalized spacial score (nSPS) is 18.0. The number of amides is 1. The third-order valence-electron chi connectivity index (χ3n) is 4.51. The van der Waals surface area contributed by atoms with E-state index in [9.17, 15) is 19.5 Å². The minimum absolute atomic E-state index is 0.0504. The molecule has 1 atom stereocenters. The summed E-state index contributed by atoms with van der Waals surface area (Å²) in [6.45, 7) is 3.97. The third kappa shape index (κ3) is 6.09. The number of aliphatic carboxylic acids is 1. The molecule has 1 unspecified atom stereocenters. The number of hydrogen-bond acceptors (Lipinski definition) is 5. The molecule has 2 rings (SSSR count). The lowest BCUT2D eigenvalue weighted by Gasteiger charge is -2.07. The number of nitrogens with zero attached hydrogens (tertiary/aromatic N) is 1. The molecule has 7 nitrogen and oxygen atoms in total. The zero-order chi connectivity index (χ0) is 20.0. The molecule has 0 aromatic carbocycles. The smallest absolute Gasteiger partial charge is 0.352 e. The van der Waals surface area contributed by atoms with Gasteiger partial charge in [0.1, 0.15) is 10.7 Å². The number of carbonyl (C=O) groups is 3. The number of unbranched alkanes of at least 4 members (excludes halogenated alkanes) is 2. The van der Waals surface area contributed by atoms with Gasteiger partial charge >= 0.3 is 11.9 Å². The van der Waals surface area contributed by atoms with E-state index in [-0.39, 0.29) is 28.5 Å². The monoisotopic (exact) mass is 392 g/mol. The van der Waals surface area contributed by atoms with Gasteiger partial charge in [0.2, 0.25) is 5.91 Å². The number of aromatic nitrogens is 1. The van der Waals surface area contributed by atoms with Crippen molar-refractivity contribution in [3.8, 4) is 0 Å². The lowest BCUT2D eigenvalue weighted by atomic mass is 10.1. The molecule has 1 aromatic rings. The van der Waals surface area contributed by atoms with Gasteiger partial charge in [0.25, 0.3) is 0 Å². The maximum absolute atomic E-state index is 12.0. The van der Waals surface area contributed by atoms with Crippen molar-refractivity contribution in [1.29, 1.82) is 0 Å². The summed E-state index contributed by atoms with van der Waals surface area (Å²) < 4.78 is 0. The molecular weight excluding hydrogens is 368 g/mol. The van der Waals surface area contributed by atoms with Crippen LogP contribution in [0.2, 0.25) is 0 Å². The maximum Gasteiger partial charge on any atom is 0.352 e. The standard InChI is InChI=1S/C19H24N2O5S/c1-19(2)11-13(19)15(22)21-14(18(25)26)8-4-3-5-10-27-16-12(17(23)24)7-6-9-20-16/h6-9,13H,3-5,10-11H2,1-2H3,(H,21,22)(H,23,24)(H,25,26)/b14-8-. The number of rotatable bonds is 10. The van der Waals surface area contributed by atoms with Gasteiger partial charge in [0, 0.05) is 12.1 Å². The van der Waals surface area contributed by atoms with Gasteiger partial charge in [0.05, 0.1) is 5.56 Å². The summed E-state index contributed by atoms with van der Waals surface area (Å²) >= 11 is 1.36. The van der Waals surface area contributed by atoms with Crippen LogP contribution in [0.15, 0.2) is 35.1 Å². The molecule has 1 aliphatic rings. The van der Waals surface area contributed by atoms with Crippen molar-refractivity contribution < 1.29 is 24.6 Å². The first-order chi connectivity index (χ1) is 12.7. The molecule has 8 heteroatoms. The van der Waals surface area contributed by atoms with E-state index in [0.29, 0.717) is 17.2 Å². The zero-order valence-corrected chi connectivity index (χ0v) is 16.2. The molecule has 1 saturated carbocycles. The number of thioether (sulfide) groups is 1. The van der Waals surface area contributed by atoms with E-state index in [0.717, 1.165) is 19.3 Å². The summed E-state index contributed by atoms with van der Waals surface area (Å²) in [5.74, 6) is -1.83. The van der Waals surface area contributed by atoms with Crippen LogP contribution in [0, 0.1) is 11.3 Å². The van der Waals surface area contributed by atoms with E-state index in [1.54, 1.807) is 12.3 Å². The van der Waals surface area contributed by atoms with E-state index in [1.165, 1.54) is 23.9 Å². The molecule has 0 aliphatic heterocycles. The number of hydrogen-bond donors (Lipinski definition) is 3. The van der Waals surface area contributed by atoms with Crippen molar-refractivity contribution in [2.24, 2.45) is 11.3 Å². The van der Waals surface area contributed by atoms with Crippen LogP contribution >= 0.6 is 11.8 Å². The number of nitrogens with one attached hydrogen (secondary N) is 1. The first kappa shape index (κ1) is 21.0. The minimum Gasteiger partial charge on any atom is -0.478 e. The zero-order valence-electron chi connectivity index (χ0n) is 15.4. The predicted octanol–water partition coefficient (Wildman–Crippen LogP) is 3.17. The first-order valence-electron chi connectivity index (χ1n) is 8.78. The second-order valence-electron chi connectivity index (χ2n) is 7.16. The summed E-state index contributed by atoms with van der Waals surface area (Å²) in [5, 5.41) is 21.3. The van der Waals surface area contributed by atoms with Gasteiger partial charge < -0.3 is 15.5 Å². The first-order valence-corrected chi connectivity index (χ1v) is 9.76. The fraction of sp³-hybridized carbons (Fsp3) is 0.474. The van der Waals surface area contributed by atoms with Crippen molar-refractivity contribution in [2.75, 3.05) is 5.75 Å². The number of aromatic carboxylic acids is 1. The lowest BCUT2D eigenvalue weighted by molar-refractivity contribution is -0.135. The predicted molar refractivity (Wildman–Crippen MR) is 102 cm³/mol. The average molecular weight is 392 g/mol. The molecular formula is C19H24N2O5S. The van der Waals surface area contributed by atoms with Crippen LogP contribution in [-0.4, -0.2) is 38.8 Å². The molecule has 0 spiro atoms. The van der Waals surface area contributed by atoms with Gasteiger partial charge in [0.15, 0.2) is 0 Å². The highest BCUT2D eigenvalue weighted by molar-refractivity contribution is 7.99. The van der Waals surface area contributed by atoms with Crippen LogP contribution in [0.1, 0.15) is 49.9 Å². The van der Waals surface area contributed by atoms with Crippen LogP contribution in [0.25, 0.3) is 0 Å². The minimum atomic E-state index is -1.14. The molecule has 146 valence electrons. The second-order valence-corrected chi connectivity index (χ2v) is 8.25. The van der Waals surface area contributed by atoms with Gasteiger partial charge in [-0.2, -0.15) is 0 Å². The maximum atomic E-state index is 12.0. The van der Waals surface area contributed by atoms with E-state index in [4.69, 9.17) is 5.11 Å². The van der Waals surface area contributed by atoms with E-state index < -0.39 is 11.9 Å². The highest BCUT2D eigenvalue weighted by Gasteiger charge is 2.50. The molecule has 1 aromatic heterocycles. The van der Waals surface area contributed by atoms with Gasteiger partial charge in [-0.15, -0.1) is 11.8 Å². The van der Waals surface area contributed by atoms with Crippen LogP contribution in [0.5, 0.6) is 0 Å². The van der Waals surface area contributed by atoms with Gasteiger partial charge in [-0.3, -0.25) is 4.79 Å². The Morgan fingerprint density at radius 1 is 1.33 bits per heavy atom. The SMILES string of the molecule is CC1(C)CC1C(=O)N/C(=C\CCCCSc1ncccc1C(=O)O)C(=O)O. The van der Waals surface area contributed by atoms with E-state index >= 15 is 0 Å². The van der Waals surface area contributed by atoms with E-state index in [1.807, 2.05) is 13.8 Å². The molecule has 0 saturated heterocycles. The van der Waals surface area contributed by atoms with E-state index in [2.05, 4.69) is 10.3 Å². The Bertz CT molecular complexity index is 760. The Hall–Kier alpha value is -2.35. The Morgan fingerprint density at radius 3 is 2.63 bits per heavy atom. The van der Waals surface area contributed by atoms with Crippen LogP contribution in [0.3, 0.4) is 0 Å². The van der Waals surface area contributed by atoms with Crippen molar-refractivity contribution in [3.63, 3.8) is 0 Å². The fourth-order valence-corrected chi connectivity index (χ4v) is 3.64. The molecule has 0 radical (unpaired) electrons. The average Bonchev–Trinajstić information content (AvgIpc) is 3.25. The molecule has 0 bridgehead atoms. The van der Waals surface area contributed by atoms with Crippen LogP contribution < -0.4 is 5.32 Å². The summed E-state index contributed by atoms with van der Waals surface area (Å²) in [6.07, 6.45) is 5.88. The summed E-state index contributed by atoms with van der Waals surface area (Å²) in [7, 11) is 0. The van der Waals surface area contributed by atoms with Crippen molar-refractivity contribution in [2.45, 2.75) is 44.6 Å². The summed E-state index contributed by atoms with van der Waals surface area (Å²) in [6, 6.07) is 3.10. The number of pyridine rings is 1. The van der Waals surface area contributed by atoms with Crippen molar-refractivity contribution in [1.82, 2.24) is 10.3 Å². The molecule has 1 fully saturated rings. The Labute approximate surface area is 162 Å². The number of carboxylic acids is 2. The number of carboxylic acid groups (broad SMARTS) is 2. The Morgan fingerprint density at radius 2 is 2.04 bits per heavy atom. The van der Waals surface area contributed by atoms with Gasteiger partial charge in [-0.25, -0.2) is 14.6 Å². The lowest BCUT2D eigenvalue weighted by Crippen LogP contribution is -2.29. The summed E-state index contributed by atoms with van der Waals surface area (Å²) in [4.78, 5) is 38.5.